The maximum atomic E-state index is 5.22. The molecule has 1 N–H and O–H groups in total. The zero-order valence-electron chi connectivity index (χ0n) is 11.1. The third kappa shape index (κ3) is 5.82. The SMILES string of the molecule is CCNC(COC)CN(C)Cc1ccccc1. The summed E-state index contributed by atoms with van der Waals surface area (Å²) in [6.45, 7) is 5.84. The highest BCUT2D eigenvalue weighted by Crippen LogP contribution is 2.03. The van der Waals surface area contributed by atoms with Crippen LogP contribution in [0.4, 0.5) is 0 Å². The number of nitrogens with one attached hydrogen (secondary N) is 1. The van der Waals surface area contributed by atoms with Crippen LogP contribution in [0.25, 0.3) is 0 Å². The van der Waals surface area contributed by atoms with Gasteiger partial charge in [-0.3, -0.25) is 0 Å². The fourth-order valence-corrected chi connectivity index (χ4v) is 2.00. The molecule has 0 saturated carbocycles. The summed E-state index contributed by atoms with van der Waals surface area (Å²) in [7, 11) is 3.90. The maximum Gasteiger partial charge on any atom is 0.0628 e. The molecule has 1 atom stereocenters. The van der Waals surface area contributed by atoms with Crippen LogP contribution in [0.1, 0.15) is 12.5 Å². The van der Waals surface area contributed by atoms with Gasteiger partial charge in [0.25, 0.3) is 0 Å². The van der Waals surface area contributed by atoms with Crippen molar-refractivity contribution in [2.75, 3.05) is 33.9 Å². The second-order valence-corrected chi connectivity index (χ2v) is 4.39. The quantitative estimate of drug-likeness (QED) is 0.744. The zero-order chi connectivity index (χ0) is 12.5. The van der Waals surface area contributed by atoms with Crippen molar-refractivity contribution in [2.45, 2.75) is 19.5 Å². The van der Waals surface area contributed by atoms with Gasteiger partial charge in [-0.25, -0.2) is 0 Å². The van der Waals surface area contributed by atoms with Crippen LogP contribution in [0.15, 0.2) is 30.3 Å². The molecule has 0 amide bonds. The molecule has 0 spiro atoms. The van der Waals surface area contributed by atoms with E-state index in [-0.39, 0.29) is 0 Å². The summed E-state index contributed by atoms with van der Waals surface area (Å²) in [5.74, 6) is 0. The van der Waals surface area contributed by atoms with Gasteiger partial charge < -0.3 is 15.0 Å². The van der Waals surface area contributed by atoms with Crippen molar-refractivity contribution in [1.29, 1.82) is 0 Å². The number of likely N-dealkylation sites (N-methyl/N-ethyl adjacent to an activating group) is 2. The van der Waals surface area contributed by atoms with Crippen LogP contribution < -0.4 is 5.32 Å². The third-order valence-electron chi connectivity index (χ3n) is 2.69. The molecule has 0 saturated heterocycles. The first-order valence-corrected chi connectivity index (χ1v) is 6.21. The zero-order valence-corrected chi connectivity index (χ0v) is 11.1. The van der Waals surface area contributed by atoms with E-state index >= 15 is 0 Å². The molecule has 0 fully saturated rings. The predicted molar refractivity (Wildman–Crippen MR) is 72.1 cm³/mol. The first kappa shape index (κ1) is 14.2. The van der Waals surface area contributed by atoms with Gasteiger partial charge in [-0.2, -0.15) is 0 Å². The van der Waals surface area contributed by atoms with Gasteiger partial charge in [0, 0.05) is 26.2 Å². The predicted octanol–water partition coefficient (Wildman–Crippen LogP) is 1.74. The molecule has 96 valence electrons. The Hall–Kier alpha value is -0.900. The Labute approximate surface area is 105 Å². The summed E-state index contributed by atoms with van der Waals surface area (Å²) in [5, 5.41) is 3.43. The van der Waals surface area contributed by atoms with Crippen molar-refractivity contribution in [3.05, 3.63) is 35.9 Å². The Morgan fingerprint density at radius 3 is 2.59 bits per heavy atom. The molecule has 0 radical (unpaired) electrons. The number of benzene rings is 1. The van der Waals surface area contributed by atoms with E-state index in [1.165, 1.54) is 5.56 Å². The second-order valence-electron chi connectivity index (χ2n) is 4.39. The fraction of sp³-hybridized carbons (Fsp3) is 0.571. The molecule has 3 heteroatoms. The lowest BCUT2D eigenvalue weighted by molar-refractivity contribution is 0.145. The lowest BCUT2D eigenvalue weighted by atomic mass is 10.2. The summed E-state index contributed by atoms with van der Waals surface area (Å²) in [6.07, 6.45) is 0. The van der Waals surface area contributed by atoms with Crippen LogP contribution in [0.2, 0.25) is 0 Å². The molecule has 0 aliphatic carbocycles. The number of hydrogen-bond acceptors (Lipinski definition) is 3. The molecule has 1 aromatic carbocycles. The Kier molecular flexibility index (Phi) is 6.86. The normalized spacial score (nSPS) is 12.9. The van der Waals surface area contributed by atoms with Gasteiger partial charge in [-0.15, -0.1) is 0 Å². The fourth-order valence-electron chi connectivity index (χ4n) is 2.00. The Bertz CT molecular complexity index is 284. The highest BCUT2D eigenvalue weighted by molar-refractivity contribution is 5.14. The van der Waals surface area contributed by atoms with E-state index in [0.717, 1.165) is 26.2 Å². The topological polar surface area (TPSA) is 24.5 Å². The molecule has 3 nitrogen and oxygen atoms in total. The summed E-state index contributed by atoms with van der Waals surface area (Å²) >= 11 is 0. The minimum Gasteiger partial charge on any atom is -0.383 e. The number of hydrogen-bond donors (Lipinski definition) is 1. The number of nitrogens with zero attached hydrogens (tertiary/aromatic N) is 1. The minimum absolute atomic E-state index is 0.402. The molecule has 0 heterocycles. The highest BCUT2D eigenvalue weighted by atomic mass is 16.5. The summed E-state index contributed by atoms with van der Waals surface area (Å²) in [4.78, 5) is 2.32. The molecular formula is C14H24N2O. The van der Waals surface area contributed by atoms with Crippen molar-refractivity contribution in [1.82, 2.24) is 10.2 Å². The lowest BCUT2D eigenvalue weighted by Gasteiger charge is -2.24. The monoisotopic (exact) mass is 236 g/mol. The van der Waals surface area contributed by atoms with Gasteiger partial charge in [-0.1, -0.05) is 37.3 Å². The second kappa shape index (κ2) is 8.23. The van der Waals surface area contributed by atoms with Crippen LogP contribution in [-0.2, 0) is 11.3 Å². The molecule has 0 aromatic heterocycles. The first-order valence-electron chi connectivity index (χ1n) is 6.21. The van der Waals surface area contributed by atoms with E-state index in [9.17, 15) is 0 Å². The van der Waals surface area contributed by atoms with E-state index in [4.69, 9.17) is 4.74 Å². The Morgan fingerprint density at radius 2 is 2.00 bits per heavy atom. The largest absolute Gasteiger partial charge is 0.383 e. The Morgan fingerprint density at radius 1 is 1.29 bits per heavy atom. The summed E-state index contributed by atoms with van der Waals surface area (Å²) in [6, 6.07) is 10.9. The van der Waals surface area contributed by atoms with Gasteiger partial charge >= 0.3 is 0 Å². The Balaban J connectivity index is 2.38. The van der Waals surface area contributed by atoms with Gasteiger partial charge in [0.15, 0.2) is 0 Å². The van der Waals surface area contributed by atoms with E-state index < -0.39 is 0 Å². The molecule has 17 heavy (non-hydrogen) atoms. The highest BCUT2D eigenvalue weighted by Gasteiger charge is 2.10. The van der Waals surface area contributed by atoms with Gasteiger partial charge in [-0.05, 0) is 19.2 Å². The van der Waals surface area contributed by atoms with Crippen molar-refractivity contribution in [3.63, 3.8) is 0 Å². The molecule has 1 aromatic rings. The lowest BCUT2D eigenvalue weighted by Crippen LogP contribution is -2.42. The standard InChI is InChI=1S/C14H24N2O/c1-4-15-14(12-17-3)11-16(2)10-13-8-6-5-7-9-13/h5-9,14-15H,4,10-12H2,1-3H3. The van der Waals surface area contributed by atoms with Gasteiger partial charge in [0.05, 0.1) is 6.61 Å². The van der Waals surface area contributed by atoms with Crippen LogP contribution in [0.3, 0.4) is 0 Å². The maximum absolute atomic E-state index is 5.22. The summed E-state index contributed by atoms with van der Waals surface area (Å²) < 4.78 is 5.22. The first-order chi connectivity index (χ1) is 8.26. The average Bonchev–Trinajstić information content (AvgIpc) is 2.30. The minimum atomic E-state index is 0.402. The van der Waals surface area contributed by atoms with E-state index in [1.54, 1.807) is 7.11 Å². The number of methoxy groups -OCH3 is 1. The molecule has 0 aliphatic heterocycles. The summed E-state index contributed by atoms with van der Waals surface area (Å²) in [5.41, 5.74) is 1.35. The van der Waals surface area contributed by atoms with Crippen molar-refractivity contribution in [3.8, 4) is 0 Å². The van der Waals surface area contributed by atoms with Crippen molar-refractivity contribution in [2.24, 2.45) is 0 Å². The van der Waals surface area contributed by atoms with Crippen molar-refractivity contribution < 1.29 is 4.74 Å². The number of rotatable bonds is 8. The third-order valence-corrected chi connectivity index (χ3v) is 2.69. The smallest absolute Gasteiger partial charge is 0.0628 e. The van der Waals surface area contributed by atoms with Crippen LogP contribution >= 0.6 is 0 Å². The van der Waals surface area contributed by atoms with Crippen molar-refractivity contribution >= 4 is 0 Å². The van der Waals surface area contributed by atoms with Crippen LogP contribution in [-0.4, -0.2) is 44.8 Å². The van der Waals surface area contributed by atoms with E-state index in [2.05, 4.69) is 54.5 Å². The number of ether oxygens (including phenoxy) is 1. The molecular weight excluding hydrogens is 212 g/mol. The average molecular weight is 236 g/mol. The molecule has 0 bridgehead atoms. The molecule has 1 unspecified atom stereocenters. The van der Waals surface area contributed by atoms with E-state index in [0.29, 0.717) is 6.04 Å². The molecule has 0 aliphatic rings. The van der Waals surface area contributed by atoms with Crippen LogP contribution in [0, 0.1) is 0 Å². The van der Waals surface area contributed by atoms with E-state index in [1.807, 2.05) is 0 Å². The van der Waals surface area contributed by atoms with Gasteiger partial charge in [0.1, 0.15) is 0 Å². The molecule has 1 rings (SSSR count). The van der Waals surface area contributed by atoms with Crippen LogP contribution in [0.5, 0.6) is 0 Å². The van der Waals surface area contributed by atoms with Gasteiger partial charge in [0.2, 0.25) is 0 Å².